The van der Waals surface area contributed by atoms with E-state index in [0.717, 1.165) is 6.07 Å². The van der Waals surface area contributed by atoms with Gasteiger partial charge in [0.1, 0.15) is 0 Å². The number of methoxy groups -OCH3 is 1. The van der Waals surface area contributed by atoms with Gasteiger partial charge in [0, 0.05) is 6.07 Å². The maximum atomic E-state index is 13.1. The van der Waals surface area contributed by atoms with Crippen LogP contribution in [0.2, 0.25) is 5.02 Å². The van der Waals surface area contributed by atoms with Crippen molar-refractivity contribution in [2.75, 3.05) is 7.11 Å². The van der Waals surface area contributed by atoms with Gasteiger partial charge in [-0.3, -0.25) is 10.1 Å². The molecule has 0 spiro atoms. The van der Waals surface area contributed by atoms with Crippen molar-refractivity contribution in [3.8, 4) is 5.75 Å². The molecule has 70 valence electrons. The van der Waals surface area contributed by atoms with E-state index in [-0.39, 0.29) is 10.8 Å². The summed E-state index contributed by atoms with van der Waals surface area (Å²) in [5.74, 6) is -1.36. The fourth-order valence-electron chi connectivity index (χ4n) is 0.850. The van der Waals surface area contributed by atoms with Crippen LogP contribution in [0.1, 0.15) is 0 Å². The van der Waals surface area contributed by atoms with E-state index in [9.17, 15) is 14.5 Å². The van der Waals surface area contributed by atoms with E-state index in [1.165, 1.54) is 13.2 Å². The summed E-state index contributed by atoms with van der Waals surface area (Å²) in [5.41, 5.74) is -0.652. The molecule has 0 saturated carbocycles. The normalized spacial score (nSPS) is 9.77. The third kappa shape index (κ3) is 1.70. The number of benzene rings is 1. The first kappa shape index (κ1) is 9.73. The molecule has 1 aromatic rings. The third-order valence-electron chi connectivity index (χ3n) is 1.43. The molecule has 0 aromatic heterocycles. The molecule has 0 fully saturated rings. The highest BCUT2D eigenvalue weighted by molar-refractivity contribution is 6.32. The number of nitrogens with zero attached hydrogens (tertiary/aromatic N) is 1. The van der Waals surface area contributed by atoms with Gasteiger partial charge in [0.25, 0.3) is 0 Å². The Morgan fingerprint density at radius 3 is 2.69 bits per heavy atom. The largest absolute Gasteiger partial charge is 0.492 e. The third-order valence-corrected chi connectivity index (χ3v) is 1.73. The molecule has 0 unspecified atom stereocenters. The Morgan fingerprint density at radius 1 is 1.62 bits per heavy atom. The van der Waals surface area contributed by atoms with Crippen molar-refractivity contribution in [2.45, 2.75) is 0 Å². The van der Waals surface area contributed by atoms with Crippen molar-refractivity contribution in [1.82, 2.24) is 0 Å². The molecule has 0 bridgehead atoms. The Bertz CT molecular complexity index is 356. The molecule has 13 heavy (non-hydrogen) atoms. The van der Waals surface area contributed by atoms with E-state index < -0.39 is 16.4 Å². The minimum atomic E-state index is -1.06. The van der Waals surface area contributed by atoms with E-state index in [1.807, 2.05) is 0 Å². The summed E-state index contributed by atoms with van der Waals surface area (Å²) in [5, 5.41) is 10.3. The zero-order valence-corrected chi connectivity index (χ0v) is 7.34. The van der Waals surface area contributed by atoms with Crippen LogP contribution in [-0.2, 0) is 0 Å². The number of hydrogen-bond acceptors (Lipinski definition) is 3. The van der Waals surface area contributed by atoms with Gasteiger partial charge in [-0.25, -0.2) is 0 Å². The van der Waals surface area contributed by atoms with Gasteiger partial charge in [0.2, 0.25) is 5.82 Å². The summed E-state index contributed by atoms with van der Waals surface area (Å²) >= 11 is 5.52. The molecule has 0 aliphatic heterocycles. The van der Waals surface area contributed by atoms with E-state index in [2.05, 4.69) is 4.74 Å². The molecular formula is C7H5ClFNO3. The zero-order valence-electron chi connectivity index (χ0n) is 6.58. The second kappa shape index (κ2) is 3.57. The molecule has 1 rings (SSSR count). The van der Waals surface area contributed by atoms with Crippen LogP contribution < -0.4 is 4.74 Å². The van der Waals surface area contributed by atoms with Crippen LogP contribution in [0.15, 0.2) is 12.1 Å². The molecule has 0 radical (unpaired) electrons. The Labute approximate surface area is 78.0 Å². The summed E-state index contributed by atoms with van der Waals surface area (Å²) in [6, 6.07) is 2.20. The minimum Gasteiger partial charge on any atom is -0.492 e. The predicted molar refractivity (Wildman–Crippen MR) is 44.6 cm³/mol. The van der Waals surface area contributed by atoms with Crippen LogP contribution in [0.3, 0.4) is 0 Å². The van der Waals surface area contributed by atoms with Gasteiger partial charge in [-0.1, -0.05) is 11.6 Å². The first-order chi connectivity index (χ1) is 6.07. The lowest BCUT2D eigenvalue weighted by atomic mass is 10.3. The highest BCUT2D eigenvalue weighted by Crippen LogP contribution is 2.33. The SMILES string of the molecule is COc1c(Cl)ccc([N+](=O)[O-])c1F. The molecule has 0 amide bonds. The van der Waals surface area contributed by atoms with Crippen molar-refractivity contribution in [3.63, 3.8) is 0 Å². The van der Waals surface area contributed by atoms with Crippen molar-refractivity contribution >= 4 is 17.3 Å². The van der Waals surface area contributed by atoms with E-state index in [4.69, 9.17) is 11.6 Å². The Balaban J connectivity index is 3.35. The Morgan fingerprint density at radius 2 is 2.23 bits per heavy atom. The lowest BCUT2D eigenvalue weighted by molar-refractivity contribution is -0.387. The molecule has 0 aliphatic carbocycles. The second-order valence-electron chi connectivity index (χ2n) is 2.17. The van der Waals surface area contributed by atoms with Gasteiger partial charge >= 0.3 is 5.69 Å². The predicted octanol–water partition coefficient (Wildman–Crippen LogP) is 2.40. The molecule has 0 saturated heterocycles. The number of hydrogen-bond donors (Lipinski definition) is 0. The number of nitro benzene ring substituents is 1. The highest BCUT2D eigenvalue weighted by atomic mass is 35.5. The fraction of sp³-hybridized carbons (Fsp3) is 0.143. The van der Waals surface area contributed by atoms with Crippen LogP contribution in [-0.4, -0.2) is 12.0 Å². The topological polar surface area (TPSA) is 52.4 Å². The first-order valence-electron chi connectivity index (χ1n) is 3.24. The summed E-state index contributed by atoms with van der Waals surface area (Å²) in [6.07, 6.45) is 0. The van der Waals surface area contributed by atoms with Crippen LogP contribution in [0.25, 0.3) is 0 Å². The summed E-state index contributed by atoms with van der Waals surface area (Å²) < 4.78 is 17.7. The van der Waals surface area contributed by atoms with Crippen LogP contribution in [0.4, 0.5) is 10.1 Å². The number of halogens is 2. The molecule has 0 heterocycles. The monoisotopic (exact) mass is 205 g/mol. The van der Waals surface area contributed by atoms with Gasteiger partial charge in [0.15, 0.2) is 5.75 Å². The lowest BCUT2D eigenvalue weighted by Crippen LogP contribution is -1.96. The molecule has 1 aromatic carbocycles. The fourth-order valence-corrected chi connectivity index (χ4v) is 1.07. The first-order valence-corrected chi connectivity index (χ1v) is 3.62. The van der Waals surface area contributed by atoms with Crippen LogP contribution in [0.5, 0.6) is 5.75 Å². The highest BCUT2D eigenvalue weighted by Gasteiger charge is 2.20. The Hall–Kier alpha value is -1.36. The maximum absolute atomic E-state index is 13.1. The summed E-state index contributed by atoms with van der Waals surface area (Å²) in [6.45, 7) is 0. The van der Waals surface area contributed by atoms with Crippen molar-refractivity contribution in [3.05, 3.63) is 33.1 Å². The Kier molecular flexibility index (Phi) is 2.67. The molecule has 4 nitrogen and oxygen atoms in total. The molecule has 6 heteroatoms. The zero-order chi connectivity index (χ0) is 10.0. The molecule has 0 aliphatic rings. The van der Waals surface area contributed by atoms with E-state index >= 15 is 0 Å². The van der Waals surface area contributed by atoms with Gasteiger partial charge in [-0.05, 0) is 6.07 Å². The molecule has 0 N–H and O–H groups in total. The quantitative estimate of drug-likeness (QED) is 0.550. The van der Waals surface area contributed by atoms with E-state index in [0.29, 0.717) is 0 Å². The van der Waals surface area contributed by atoms with E-state index in [1.54, 1.807) is 0 Å². The van der Waals surface area contributed by atoms with Crippen LogP contribution >= 0.6 is 11.6 Å². The summed E-state index contributed by atoms with van der Waals surface area (Å²) in [7, 11) is 1.19. The van der Waals surface area contributed by atoms with Crippen molar-refractivity contribution in [2.24, 2.45) is 0 Å². The summed E-state index contributed by atoms with van der Waals surface area (Å²) in [4.78, 5) is 9.43. The number of rotatable bonds is 2. The standard InChI is InChI=1S/C7H5ClFNO3/c1-13-7-4(8)2-3-5(6(7)9)10(11)12/h2-3H,1H3. The van der Waals surface area contributed by atoms with Gasteiger partial charge in [-0.2, -0.15) is 4.39 Å². The van der Waals surface area contributed by atoms with Gasteiger partial charge in [0.05, 0.1) is 17.1 Å². The number of nitro groups is 1. The maximum Gasteiger partial charge on any atom is 0.308 e. The second-order valence-corrected chi connectivity index (χ2v) is 2.58. The average molecular weight is 206 g/mol. The number of ether oxygens (including phenoxy) is 1. The van der Waals surface area contributed by atoms with Gasteiger partial charge in [-0.15, -0.1) is 0 Å². The van der Waals surface area contributed by atoms with Crippen molar-refractivity contribution < 1.29 is 14.1 Å². The lowest BCUT2D eigenvalue weighted by Gasteiger charge is -2.03. The molecule has 0 atom stereocenters. The van der Waals surface area contributed by atoms with Gasteiger partial charge < -0.3 is 4.74 Å². The minimum absolute atomic E-state index is 0.00519. The smallest absolute Gasteiger partial charge is 0.308 e. The van der Waals surface area contributed by atoms with Crippen LogP contribution in [0, 0.1) is 15.9 Å². The average Bonchev–Trinajstić information content (AvgIpc) is 2.04. The van der Waals surface area contributed by atoms with Crippen molar-refractivity contribution in [1.29, 1.82) is 0 Å². The molecular weight excluding hydrogens is 201 g/mol.